The van der Waals surface area contributed by atoms with E-state index in [9.17, 15) is 19.1 Å². The summed E-state index contributed by atoms with van der Waals surface area (Å²) in [5.41, 5.74) is 0.293. The van der Waals surface area contributed by atoms with Crippen molar-refractivity contribution < 1.29 is 24.2 Å². The van der Waals surface area contributed by atoms with Crippen molar-refractivity contribution in [2.45, 2.75) is 12.6 Å². The number of carboxylic acids is 1. The minimum Gasteiger partial charge on any atom is -0.477 e. The van der Waals surface area contributed by atoms with Gasteiger partial charge in [0.1, 0.15) is 18.1 Å². The first-order chi connectivity index (χ1) is 10.9. The molecule has 0 saturated carbocycles. The molecular weight excluding hydrogens is 329 g/mol. The number of hydrogen-bond acceptors (Lipinski definition) is 4. The lowest BCUT2D eigenvalue weighted by atomic mass is 10.1. The molecule has 23 heavy (non-hydrogen) atoms. The van der Waals surface area contributed by atoms with Gasteiger partial charge in [-0.3, -0.25) is 4.79 Å². The lowest BCUT2D eigenvalue weighted by Crippen LogP contribution is -2.33. The molecule has 1 amide bonds. The smallest absolute Gasteiger partial charge is 0.354 e. The lowest BCUT2D eigenvalue weighted by Gasteiger charge is -2.17. The third kappa shape index (κ3) is 4.05. The summed E-state index contributed by atoms with van der Waals surface area (Å²) in [6.07, 6.45) is 2.34. The molecule has 0 fully saturated rings. The average molecular weight is 342 g/mol. The number of carbonyl (C=O) groups is 2. The molecule has 1 aromatic heterocycles. The highest BCUT2D eigenvalue weighted by atomic mass is 35.5. The van der Waals surface area contributed by atoms with E-state index in [4.69, 9.17) is 16.7 Å². The first-order valence-corrected chi connectivity index (χ1v) is 6.88. The van der Waals surface area contributed by atoms with Crippen LogP contribution >= 0.6 is 11.6 Å². The van der Waals surface area contributed by atoms with Gasteiger partial charge in [0, 0.05) is 0 Å². The molecule has 2 aromatic rings. The number of rotatable bonds is 6. The van der Waals surface area contributed by atoms with Crippen molar-refractivity contribution in [3.8, 4) is 0 Å². The van der Waals surface area contributed by atoms with Gasteiger partial charge in [-0.25, -0.2) is 14.2 Å². The zero-order valence-corrected chi connectivity index (χ0v) is 12.5. The standard InChI is InChI=1S/C14H13ClFN3O4/c15-9-3-8(1-2-10(9)16)11(6-20)18-13(21)5-19-7-17-4-12(19)14(22)23/h1-4,7,11,20H,5-6H2,(H,18,21)(H,22,23). The topological polar surface area (TPSA) is 104 Å². The fourth-order valence-electron chi connectivity index (χ4n) is 1.98. The Morgan fingerprint density at radius 3 is 2.78 bits per heavy atom. The Morgan fingerprint density at radius 1 is 1.43 bits per heavy atom. The normalized spacial score (nSPS) is 12.0. The number of carbonyl (C=O) groups excluding carboxylic acids is 1. The monoisotopic (exact) mass is 341 g/mol. The van der Waals surface area contributed by atoms with Crippen molar-refractivity contribution in [2.24, 2.45) is 0 Å². The highest BCUT2D eigenvalue weighted by Gasteiger charge is 2.17. The molecule has 7 nitrogen and oxygen atoms in total. The zero-order valence-electron chi connectivity index (χ0n) is 11.7. The summed E-state index contributed by atoms with van der Waals surface area (Å²) in [4.78, 5) is 26.6. The number of hydrogen-bond donors (Lipinski definition) is 3. The fourth-order valence-corrected chi connectivity index (χ4v) is 2.17. The van der Waals surface area contributed by atoms with Crippen LogP contribution in [0.4, 0.5) is 4.39 Å². The quantitative estimate of drug-likeness (QED) is 0.733. The second kappa shape index (κ2) is 7.21. The highest BCUT2D eigenvalue weighted by molar-refractivity contribution is 6.30. The number of amides is 1. The molecule has 122 valence electrons. The number of benzene rings is 1. The van der Waals surface area contributed by atoms with Crippen molar-refractivity contribution in [1.29, 1.82) is 0 Å². The number of imidazole rings is 1. The highest BCUT2D eigenvalue weighted by Crippen LogP contribution is 2.20. The number of aliphatic hydroxyl groups excluding tert-OH is 1. The number of nitrogens with zero attached hydrogens (tertiary/aromatic N) is 2. The van der Waals surface area contributed by atoms with Crippen molar-refractivity contribution in [3.05, 3.63) is 52.8 Å². The van der Waals surface area contributed by atoms with E-state index < -0.39 is 30.3 Å². The summed E-state index contributed by atoms with van der Waals surface area (Å²) in [5, 5.41) is 20.7. The number of aromatic nitrogens is 2. The molecule has 1 unspecified atom stereocenters. The second-order valence-electron chi connectivity index (χ2n) is 4.69. The molecule has 0 aliphatic heterocycles. The lowest BCUT2D eigenvalue weighted by molar-refractivity contribution is -0.122. The predicted molar refractivity (Wildman–Crippen MR) is 78.6 cm³/mol. The van der Waals surface area contributed by atoms with E-state index in [1.165, 1.54) is 18.5 Å². The maximum atomic E-state index is 13.2. The molecule has 1 aromatic carbocycles. The van der Waals surface area contributed by atoms with Gasteiger partial charge in [0.25, 0.3) is 0 Å². The van der Waals surface area contributed by atoms with E-state index in [1.54, 1.807) is 0 Å². The maximum Gasteiger partial charge on any atom is 0.354 e. The molecule has 1 atom stereocenters. The molecule has 3 N–H and O–H groups in total. The van der Waals surface area contributed by atoms with Gasteiger partial charge in [0.05, 0.1) is 30.2 Å². The molecule has 0 bridgehead atoms. The summed E-state index contributed by atoms with van der Waals surface area (Å²) in [6, 6.07) is 3.03. The molecular formula is C14H13ClFN3O4. The predicted octanol–water partition coefficient (Wildman–Crippen LogP) is 1.22. The first-order valence-electron chi connectivity index (χ1n) is 6.51. The molecule has 0 aliphatic rings. The van der Waals surface area contributed by atoms with Gasteiger partial charge in [-0.05, 0) is 17.7 Å². The minimum atomic E-state index is -1.21. The molecule has 0 saturated heterocycles. The van der Waals surface area contributed by atoms with Crippen LogP contribution in [-0.2, 0) is 11.3 Å². The molecule has 2 rings (SSSR count). The van der Waals surface area contributed by atoms with Crippen molar-refractivity contribution in [1.82, 2.24) is 14.9 Å². The summed E-state index contributed by atoms with van der Waals surface area (Å²) in [6.45, 7) is -0.712. The number of carboxylic acid groups (broad SMARTS) is 1. The fraction of sp³-hybridized carbons (Fsp3) is 0.214. The summed E-state index contributed by atoms with van der Waals surface area (Å²) in [7, 11) is 0. The molecule has 1 heterocycles. The second-order valence-corrected chi connectivity index (χ2v) is 5.10. The molecule has 0 radical (unpaired) electrons. The molecule has 0 spiro atoms. The van der Waals surface area contributed by atoms with Crippen LogP contribution in [0, 0.1) is 5.82 Å². The Labute approximate surface area is 135 Å². The van der Waals surface area contributed by atoms with Crippen LogP contribution in [0.5, 0.6) is 0 Å². The van der Waals surface area contributed by atoms with Crippen LogP contribution in [0.3, 0.4) is 0 Å². The Balaban J connectivity index is 2.09. The van der Waals surface area contributed by atoms with Gasteiger partial charge in [-0.15, -0.1) is 0 Å². The van der Waals surface area contributed by atoms with E-state index >= 15 is 0 Å². The van der Waals surface area contributed by atoms with Crippen molar-refractivity contribution >= 4 is 23.5 Å². The van der Waals surface area contributed by atoms with Crippen molar-refractivity contribution in [2.75, 3.05) is 6.61 Å². The van der Waals surface area contributed by atoms with Crippen LogP contribution in [0.15, 0.2) is 30.7 Å². The third-order valence-electron chi connectivity index (χ3n) is 3.11. The number of aliphatic hydroxyl groups is 1. The van der Waals surface area contributed by atoms with Crippen LogP contribution < -0.4 is 5.32 Å². The van der Waals surface area contributed by atoms with Gasteiger partial charge >= 0.3 is 5.97 Å². The maximum absolute atomic E-state index is 13.2. The van der Waals surface area contributed by atoms with E-state index in [0.717, 1.165) is 16.8 Å². The van der Waals surface area contributed by atoms with Crippen molar-refractivity contribution in [3.63, 3.8) is 0 Å². The van der Waals surface area contributed by atoms with E-state index in [2.05, 4.69) is 10.3 Å². The SMILES string of the molecule is O=C(Cn1cncc1C(=O)O)NC(CO)c1ccc(F)c(Cl)c1. The Hall–Kier alpha value is -2.45. The molecule has 0 aliphatic carbocycles. The number of aromatic carboxylic acids is 1. The van der Waals surface area contributed by atoms with Crippen LogP contribution in [0.1, 0.15) is 22.1 Å². The van der Waals surface area contributed by atoms with E-state index in [0.29, 0.717) is 5.56 Å². The van der Waals surface area contributed by atoms with Crippen LogP contribution in [-0.4, -0.2) is 38.2 Å². The zero-order chi connectivity index (χ0) is 17.0. The minimum absolute atomic E-state index is 0.127. The largest absolute Gasteiger partial charge is 0.477 e. The van der Waals surface area contributed by atoms with E-state index in [1.807, 2.05) is 0 Å². The number of halogens is 2. The van der Waals surface area contributed by atoms with Crippen LogP contribution in [0.2, 0.25) is 5.02 Å². The average Bonchev–Trinajstić information content (AvgIpc) is 2.96. The van der Waals surface area contributed by atoms with Gasteiger partial charge < -0.3 is 20.1 Å². The Kier molecular flexibility index (Phi) is 5.30. The van der Waals surface area contributed by atoms with Gasteiger partial charge in [-0.2, -0.15) is 0 Å². The van der Waals surface area contributed by atoms with Crippen LogP contribution in [0.25, 0.3) is 0 Å². The summed E-state index contributed by atoms with van der Waals surface area (Å²) >= 11 is 5.68. The first kappa shape index (κ1) is 16.9. The summed E-state index contributed by atoms with van der Waals surface area (Å²) in [5.74, 6) is -2.35. The summed E-state index contributed by atoms with van der Waals surface area (Å²) < 4.78 is 14.3. The third-order valence-corrected chi connectivity index (χ3v) is 3.40. The van der Waals surface area contributed by atoms with E-state index in [-0.39, 0.29) is 17.3 Å². The van der Waals surface area contributed by atoms with Gasteiger partial charge in [-0.1, -0.05) is 17.7 Å². The molecule has 9 heteroatoms. The Morgan fingerprint density at radius 2 is 2.17 bits per heavy atom. The number of nitrogens with one attached hydrogen (secondary N) is 1. The van der Waals surface area contributed by atoms with Gasteiger partial charge in [0.15, 0.2) is 0 Å². The van der Waals surface area contributed by atoms with Gasteiger partial charge in [0.2, 0.25) is 5.91 Å². The Bertz CT molecular complexity index is 735.